The number of rotatable bonds is 7. The lowest BCUT2D eigenvalue weighted by atomic mass is 9.93. The molecule has 0 atom stereocenters. The van der Waals surface area contributed by atoms with Crippen molar-refractivity contribution in [3.05, 3.63) is 89.1 Å². The van der Waals surface area contributed by atoms with E-state index in [4.69, 9.17) is 26.3 Å². The van der Waals surface area contributed by atoms with Crippen LogP contribution in [0.4, 0.5) is 5.69 Å². The van der Waals surface area contributed by atoms with Gasteiger partial charge in [-0.2, -0.15) is 0 Å². The molecule has 0 radical (unpaired) electrons. The zero-order chi connectivity index (χ0) is 31.6. The monoisotopic (exact) mass is 634 g/mol. The summed E-state index contributed by atoms with van der Waals surface area (Å²) >= 11 is 6.19. The van der Waals surface area contributed by atoms with Gasteiger partial charge in [-0.1, -0.05) is 56.2 Å². The molecule has 46 heavy (non-hydrogen) atoms. The lowest BCUT2D eigenvalue weighted by Gasteiger charge is -2.34. The third-order valence-electron chi connectivity index (χ3n) is 9.57. The van der Waals surface area contributed by atoms with Crippen LogP contribution in [-0.4, -0.2) is 39.1 Å². The molecule has 236 valence electrons. The van der Waals surface area contributed by atoms with E-state index in [-0.39, 0.29) is 17.9 Å². The molecule has 0 unspecified atom stereocenters. The van der Waals surface area contributed by atoms with Crippen LogP contribution in [0.1, 0.15) is 98.0 Å². The molecule has 0 bridgehead atoms. The molecule has 0 spiro atoms. The first kappa shape index (κ1) is 30.4. The first-order valence-corrected chi connectivity index (χ1v) is 17.1. The number of esters is 1. The number of benzene rings is 3. The third-order valence-corrected chi connectivity index (χ3v) is 9.82. The van der Waals surface area contributed by atoms with Gasteiger partial charge in [0, 0.05) is 33.7 Å². The summed E-state index contributed by atoms with van der Waals surface area (Å²) < 4.78 is 7.62. The van der Waals surface area contributed by atoms with Crippen LogP contribution in [0.3, 0.4) is 0 Å². The summed E-state index contributed by atoms with van der Waals surface area (Å²) in [6.45, 7) is 2.14. The number of hydrogen-bond donors (Lipinski definition) is 0. The Labute approximate surface area is 274 Å². The zero-order valence-electron chi connectivity index (χ0n) is 26.3. The number of ether oxygens (including phenoxy) is 1. The maximum Gasteiger partial charge on any atom is 0.338 e. The predicted octanol–water partition coefficient (Wildman–Crippen LogP) is 9.57. The number of carbonyl (C=O) groups is 2. The molecule has 2 fully saturated rings. The van der Waals surface area contributed by atoms with Gasteiger partial charge < -0.3 is 14.2 Å². The van der Waals surface area contributed by atoms with E-state index in [0.717, 1.165) is 77.5 Å². The minimum atomic E-state index is -0.335. The first-order valence-electron chi connectivity index (χ1n) is 16.7. The van der Waals surface area contributed by atoms with Crippen LogP contribution in [0.5, 0.6) is 0 Å². The summed E-state index contributed by atoms with van der Waals surface area (Å²) in [5.41, 5.74) is 5.36. The summed E-state index contributed by atoms with van der Waals surface area (Å²) in [6.07, 6.45) is 11.2. The molecular formula is C38H39ClN4O3. The van der Waals surface area contributed by atoms with Crippen molar-refractivity contribution in [1.82, 2.24) is 14.5 Å². The first-order chi connectivity index (χ1) is 22.5. The Morgan fingerprint density at radius 1 is 0.826 bits per heavy atom. The quantitative estimate of drug-likeness (QED) is 0.167. The summed E-state index contributed by atoms with van der Waals surface area (Å²) in [7, 11) is 0. The number of halogens is 1. The van der Waals surface area contributed by atoms with Crippen molar-refractivity contribution in [3.8, 4) is 11.4 Å². The van der Waals surface area contributed by atoms with Crippen molar-refractivity contribution >= 4 is 51.1 Å². The average Bonchev–Trinajstić information content (AvgIpc) is 3.48. The van der Waals surface area contributed by atoms with Crippen LogP contribution in [0.15, 0.2) is 72.8 Å². The van der Waals surface area contributed by atoms with Gasteiger partial charge in [-0.15, -0.1) is 0 Å². The van der Waals surface area contributed by atoms with Crippen LogP contribution in [0.25, 0.3) is 33.3 Å². The maximum absolute atomic E-state index is 14.1. The van der Waals surface area contributed by atoms with Gasteiger partial charge in [0.15, 0.2) is 0 Å². The number of fused-ring (bicyclic) bond motifs is 2. The van der Waals surface area contributed by atoms with Gasteiger partial charge in [-0.3, -0.25) is 4.79 Å². The summed E-state index contributed by atoms with van der Waals surface area (Å²) in [5.74, 6) is 0.464. The Balaban J connectivity index is 1.25. The van der Waals surface area contributed by atoms with E-state index in [2.05, 4.69) is 16.7 Å². The summed E-state index contributed by atoms with van der Waals surface area (Å²) in [6, 6.07) is 23.7. The van der Waals surface area contributed by atoms with Crippen LogP contribution < -0.4 is 4.90 Å². The van der Waals surface area contributed by atoms with E-state index >= 15 is 0 Å². The van der Waals surface area contributed by atoms with E-state index < -0.39 is 0 Å². The number of carbonyl (C=O) groups excluding carboxylic acids is 2. The highest BCUT2D eigenvalue weighted by molar-refractivity contribution is 6.30. The smallest absolute Gasteiger partial charge is 0.338 e. The molecule has 5 aromatic rings. The number of nitrogens with zero attached hydrogens (tertiary/aromatic N) is 4. The SMILES string of the molecule is CCOC(=O)c1ccc2c(c1)nc(-c1ccc3nc(C(=O)N(c4ccc(Cl)cc4)C4CCCCC4)ccc3c1)n2C1CCCCC1. The number of amides is 1. The van der Waals surface area contributed by atoms with Crippen LogP contribution >= 0.6 is 11.6 Å². The second-order valence-corrected chi connectivity index (χ2v) is 13.0. The van der Waals surface area contributed by atoms with Crippen molar-refractivity contribution in [1.29, 1.82) is 0 Å². The van der Waals surface area contributed by atoms with Crippen molar-refractivity contribution in [3.63, 3.8) is 0 Å². The molecule has 7 nitrogen and oxygen atoms in total. The fourth-order valence-corrected chi connectivity index (χ4v) is 7.42. The summed E-state index contributed by atoms with van der Waals surface area (Å²) in [4.78, 5) is 38.5. The average molecular weight is 635 g/mol. The molecule has 8 heteroatoms. The third kappa shape index (κ3) is 6.01. The van der Waals surface area contributed by atoms with Crippen molar-refractivity contribution < 1.29 is 14.3 Å². The largest absolute Gasteiger partial charge is 0.462 e. The molecule has 2 aliphatic rings. The fourth-order valence-electron chi connectivity index (χ4n) is 7.29. The van der Waals surface area contributed by atoms with Gasteiger partial charge in [0.25, 0.3) is 5.91 Å². The van der Waals surface area contributed by atoms with Crippen molar-refractivity contribution in [2.45, 2.75) is 83.2 Å². The van der Waals surface area contributed by atoms with E-state index in [1.54, 1.807) is 0 Å². The molecule has 2 saturated carbocycles. The number of anilines is 1. The van der Waals surface area contributed by atoms with Crippen molar-refractivity contribution in [2.75, 3.05) is 11.5 Å². The minimum Gasteiger partial charge on any atom is -0.462 e. The Bertz CT molecular complexity index is 1890. The number of imidazole rings is 1. The number of aromatic nitrogens is 3. The Morgan fingerprint density at radius 2 is 1.57 bits per heavy atom. The Hall–Kier alpha value is -4.23. The zero-order valence-corrected chi connectivity index (χ0v) is 27.0. The molecular weight excluding hydrogens is 596 g/mol. The molecule has 3 aromatic carbocycles. The second-order valence-electron chi connectivity index (χ2n) is 12.6. The molecule has 0 aliphatic heterocycles. The van der Waals surface area contributed by atoms with Gasteiger partial charge in [-0.25, -0.2) is 14.8 Å². The Kier molecular flexibility index (Phi) is 8.76. The Morgan fingerprint density at radius 3 is 2.30 bits per heavy atom. The number of hydrogen-bond acceptors (Lipinski definition) is 5. The van der Waals surface area contributed by atoms with E-state index in [0.29, 0.717) is 28.9 Å². The number of pyridine rings is 1. The molecule has 1 amide bonds. The molecule has 0 N–H and O–H groups in total. The van der Waals surface area contributed by atoms with Crippen LogP contribution in [0.2, 0.25) is 5.02 Å². The summed E-state index contributed by atoms with van der Waals surface area (Å²) in [5, 5.41) is 1.59. The standard InChI is InChI=1S/C38H39ClN4O3/c1-2-46-38(45)27-15-22-35-34(24-27)41-36(43(35)30-11-7-4-8-12-30)26-14-20-32-25(23-26)13-21-33(40-32)37(44)42(29-9-5-3-6-10-29)31-18-16-28(39)17-19-31/h13-24,29-30H,2-12H2,1H3. The van der Waals surface area contributed by atoms with Gasteiger partial charge >= 0.3 is 5.97 Å². The van der Waals surface area contributed by atoms with Gasteiger partial charge in [0.05, 0.1) is 28.7 Å². The molecule has 0 saturated heterocycles. The second kappa shape index (κ2) is 13.2. The van der Waals surface area contributed by atoms with Gasteiger partial charge in [0.1, 0.15) is 11.5 Å². The fraction of sp³-hybridized carbons (Fsp3) is 0.368. The highest BCUT2D eigenvalue weighted by atomic mass is 35.5. The van der Waals surface area contributed by atoms with E-state index in [1.807, 2.05) is 72.5 Å². The molecule has 7 rings (SSSR count). The van der Waals surface area contributed by atoms with Crippen LogP contribution in [-0.2, 0) is 4.74 Å². The van der Waals surface area contributed by atoms with Crippen molar-refractivity contribution in [2.24, 2.45) is 0 Å². The molecule has 2 heterocycles. The van der Waals surface area contributed by atoms with E-state index in [9.17, 15) is 9.59 Å². The normalized spacial score (nSPS) is 16.1. The van der Waals surface area contributed by atoms with Crippen LogP contribution in [0, 0.1) is 0 Å². The lowest BCUT2D eigenvalue weighted by Crippen LogP contribution is -2.42. The van der Waals surface area contributed by atoms with Gasteiger partial charge in [0.2, 0.25) is 0 Å². The maximum atomic E-state index is 14.1. The molecule has 2 aliphatic carbocycles. The topological polar surface area (TPSA) is 77.3 Å². The highest BCUT2D eigenvalue weighted by Gasteiger charge is 2.29. The predicted molar refractivity (Wildman–Crippen MR) is 184 cm³/mol. The lowest BCUT2D eigenvalue weighted by molar-refractivity contribution is 0.0526. The highest BCUT2D eigenvalue weighted by Crippen LogP contribution is 2.37. The molecule has 2 aromatic heterocycles. The van der Waals surface area contributed by atoms with Gasteiger partial charge in [-0.05, 0) is 99.3 Å². The van der Waals surface area contributed by atoms with E-state index in [1.165, 1.54) is 25.7 Å². The minimum absolute atomic E-state index is 0.0864.